The monoisotopic (exact) mass is 433 g/mol. The second-order valence-corrected chi connectivity index (χ2v) is 7.25. The van der Waals surface area contributed by atoms with Crippen LogP contribution in [0.2, 0.25) is 0 Å². The second kappa shape index (κ2) is 9.99. The molecule has 0 aliphatic carbocycles. The molecule has 4 aromatic rings. The molecule has 0 aliphatic heterocycles. The van der Waals surface area contributed by atoms with E-state index in [1.54, 1.807) is 0 Å². The van der Waals surface area contributed by atoms with Crippen molar-refractivity contribution in [2.45, 2.75) is 25.9 Å². The first-order chi connectivity index (χ1) is 15.6. The van der Waals surface area contributed by atoms with E-state index in [1.807, 2.05) is 60.7 Å². The van der Waals surface area contributed by atoms with E-state index in [0.717, 1.165) is 11.1 Å². The highest BCUT2D eigenvalue weighted by atomic mass is 16.5. The van der Waals surface area contributed by atoms with Gasteiger partial charge in [-0.1, -0.05) is 60.7 Å². The predicted octanol–water partition coefficient (Wildman–Crippen LogP) is 2.07. The molecule has 0 radical (unpaired) electrons. The molecule has 1 unspecified atom stereocenters. The van der Waals surface area contributed by atoms with E-state index in [4.69, 9.17) is 15.2 Å². The number of H-pyrrole nitrogens is 1. The van der Waals surface area contributed by atoms with Crippen LogP contribution in [-0.4, -0.2) is 38.0 Å². The first kappa shape index (κ1) is 21.4. The highest BCUT2D eigenvalue weighted by Crippen LogP contribution is 2.11. The SMILES string of the molecule is Nc1nc2c(ncn2COC(COCc2ccccc2)C(=O)Cc2ccccc2)c(=O)[nH]1. The molecule has 32 heavy (non-hydrogen) atoms. The van der Waals surface area contributed by atoms with Crippen molar-refractivity contribution in [3.63, 3.8) is 0 Å². The molecule has 9 nitrogen and oxygen atoms in total. The molecular weight excluding hydrogens is 410 g/mol. The van der Waals surface area contributed by atoms with Gasteiger partial charge in [0.15, 0.2) is 16.9 Å². The normalized spacial score (nSPS) is 12.1. The zero-order valence-electron chi connectivity index (χ0n) is 17.3. The fourth-order valence-electron chi connectivity index (χ4n) is 3.24. The standard InChI is InChI=1S/C23H23N5O4/c24-23-26-21-20(22(30)27-23)25-14-28(21)15-32-19(13-31-12-17-9-5-2-6-10-17)18(29)11-16-7-3-1-4-8-16/h1-10,14,19H,11-13,15H2,(H3,24,26,27,30). The Morgan fingerprint density at radius 3 is 2.47 bits per heavy atom. The smallest absolute Gasteiger partial charge is 0.280 e. The molecule has 0 fully saturated rings. The summed E-state index contributed by atoms with van der Waals surface area (Å²) in [5.41, 5.74) is 7.53. The molecule has 164 valence electrons. The Balaban J connectivity index is 1.46. The Kier molecular flexibility index (Phi) is 6.69. The first-order valence-electron chi connectivity index (χ1n) is 10.1. The number of rotatable bonds is 10. The fraction of sp³-hybridized carbons (Fsp3) is 0.217. The predicted molar refractivity (Wildman–Crippen MR) is 119 cm³/mol. The van der Waals surface area contributed by atoms with Crippen LogP contribution >= 0.6 is 0 Å². The molecule has 4 rings (SSSR count). The van der Waals surface area contributed by atoms with Gasteiger partial charge >= 0.3 is 0 Å². The molecule has 3 N–H and O–H groups in total. The third kappa shape index (κ3) is 5.26. The summed E-state index contributed by atoms with van der Waals surface area (Å²) in [5.74, 6) is -0.133. The number of aromatic amines is 1. The van der Waals surface area contributed by atoms with E-state index in [1.165, 1.54) is 10.9 Å². The summed E-state index contributed by atoms with van der Waals surface area (Å²) in [4.78, 5) is 35.5. The fourth-order valence-corrected chi connectivity index (χ4v) is 3.24. The minimum absolute atomic E-state index is 0.0212. The van der Waals surface area contributed by atoms with E-state index in [9.17, 15) is 9.59 Å². The van der Waals surface area contributed by atoms with Crippen LogP contribution in [0.1, 0.15) is 11.1 Å². The minimum atomic E-state index is -0.810. The van der Waals surface area contributed by atoms with Gasteiger partial charge in [0.25, 0.3) is 5.56 Å². The Hall–Kier alpha value is -3.82. The van der Waals surface area contributed by atoms with E-state index >= 15 is 0 Å². The maximum Gasteiger partial charge on any atom is 0.280 e. The number of ether oxygens (including phenoxy) is 2. The average Bonchev–Trinajstić information content (AvgIpc) is 3.20. The zero-order valence-corrected chi connectivity index (χ0v) is 17.3. The number of ketones is 1. The number of carbonyl (C=O) groups is 1. The summed E-state index contributed by atoms with van der Waals surface area (Å²) >= 11 is 0. The zero-order chi connectivity index (χ0) is 22.3. The van der Waals surface area contributed by atoms with Gasteiger partial charge in [0.1, 0.15) is 12.8 Å². The van der Waals surface area contributed by atoms with Gasteiger partial charge in [-0.05, 0) is 11.1 Å². The van der Waals surface area contributed by atoms with Gasteiger partial charge in [0, 0.05) is 6.42 Å². The number of nitrogen functional groups attached to an aromatic ring is 1. The quantitative estimate of drug-likeness (QED) is 0.392. The molecule has 1 atom stereocenters. The molecule has 2 heterocycles. The number of nitrogens with two attached hydrogens (primary N) is 1. The minimum Gasteiger partial charge on any atom is -0.374 e. The van der Waals surface area contributed by atoms with Crippen LogP contribution in [0.15, 0.2) is 71.8 Å². The molecule has 2 aromatic carbocycles. The molecule has 0 saturated heterocycles. The molecule has 0 aliphatic rings. The van der Waals surface area contributed by atoms with E-state index in [2.05, 4.69) is 15.0 Å². The van der Waals surface area contributed by atoms with Crippen molar-refractivity contribution in [2.24, 2.45) is 0 Å². The number of hydrogen-bond donors (Lipinski definition) is 2. The topological polar surface area (TPSA) is 125 Å². The molecule has 9 heteroatoms. The third-order valence-corrected chi connectivity index (χ3v) is 4.87. The summed E-state index contributed by atoms with van der Waals surface area (Å²) in [5, 5.41) is 0. The number of Topliss-reactive ketones (excluding diaryl/α,β-unsaturated/α-hetero) is 1. The number of carbonyl (C=O) groups excluding carboxylic acids is 1. The van der Waals surface area contributed by atoms with Gasteiger partial charge in [-0.15, -0.1) is 0 Å². The maximum atomic E-state index is 13.0. The van der Waals surface area contributed by atoms with Crippen molar-refractivity contribution in [3.05, 3.63) is 88.5 Å². The molecule has 2 aromatic heterocycles. The average molecular weight is 433 g/mol. The van der Waals surface area contributed by atoms with Crippen LogP contribution in [0, 0.1) is 0 Å². The lowest BCUT2D eigenvalue weighted by Gasteiger charge is -2.18. The van der Waals surface area contributed by atoms with Crippen LogP contribution in [0.5, 0.6) is 0 Å². The highest BCUT2D eigenvalue weighted by molar-refractivity contribution is 5.85. The number of aromatic nitrogens is 4. The number of hydrogen-bond acceptors (Lipinski definition) is 7. The Morgan fingerprint density at radius 2 is 1.75 bits per heavy atom. The lowest BCUT2D eigenvalue weighted by molar-refractivity contribution is -0.138. The van der Waals surface area contributed by atoms with Crippen molar-refractivity contribution in [3.8, 4) is 0 Å². The molecule has 0 saturated carbocycles. The Bertz CT molecular complexity index is 1240. The Morgan fingerprint density at radius 1 is 1.06 bits per heavy atom. The lowest BCUT2D eigenvalue weighted by atomic mass is 10.1. The van der Waals surface area contributed by atoms with Gasteiger partial charge in [0.2, 0.25) is 5.95 Å². The molecule has 0 bridgehead atoms. The summed E-state index contributed by atoms with van der Waals surface area (Å²) in [6.45, 7) is 0.413. The number of fused-ring (bicyclic) bond motifs is 1. The molecule has 0 spiro atoms. The molecular formula is C23H23N5O4. The number of nitrogens with one attached hydrogen (secondary N) is 1. The van der Waals surface area contributed by atoms with Gasteiger partial charge in [0.05, 0.1) is 19.5 Å². The van der Waals surface area contributed by atoms with Crippen LogP contribution in [0.4, 0.5) is 5.95 Å². The Labute approximate surface area is 183 Å². The van der Waals surface area contributed by atoms with Crippen LogP contribution in [0.25, 0.3) is 11.2 Å². The van der Waals surface area contributed by atoms with E-state index in [0.29, 0.717) is 6.61 Å². The van der Waals surface area contributed by atoms with Gasteiger partial charge < -0.3 is 15.2 Å². The summed E-state index contributed by atoms with van der Waals surface area (Å²) in [6.07, 6.45) is 0.835. The third-order valence-electron chi connectivity index (χ3n) is 4.87. The maximum absolute atomic E-state index is 13.0. The number of nitrogens with zero attached hydrogens (tertiary/aromatic N) is 3. The lowest BCUT2D eigenvalue weighted by Crippen LogP contribution is -2.31. The van der Waals surface area contributed by atoms with Crippen molar-refractivity contribution in [1.82, 2.24) is 19.5 Å². The highest BCUT2D eigenvalue weighted by Gasteiger charge is 2.21. The number of imidazole rings is 1. The van der Waals surface area contributed by atoms with Crippen LogP contribution in [0.3, 0.4) is 0 Å². The van der Waals surface area contributed by atoms with Gasteiger partial charge in [-0.2, -0.15) is 4.98 Å². The largest absolute Gasteiger partial charge is 0.374 e. The van der Waals surface area contributed by atoms with Crippen molar-refractivity contribution in [2.75, 3.05) is 12.3 Å². The summed E-state index contributed by atoms with van der Waals surface area (Å²) in [6, 6.07) is 19.1. The van der Waals surface area contributed by atoms with Crippen molar-refractivity contribution in [1.29, 1.82) is 0 Å². The number of anilines is 1. The summed E-state index contributed by atoms with van der Waals surface area (Å²) < 4.78 is 13.2. The van der Waals surface area contributed by atoms with Crippen molar-refractivity contribution < 1.29 is 14.3 Å². The first-order valence-corrected chi connectivity index (χ1v) is 10.1. The molecule has 0 amide bonds. The van der Waals surface area contributed by atoms with Crippen LogP contribution < -0.4 is 11.3 Å². The van der Waals surface area contributed by atoms with E-state index in [-0.39, 0.29) is 42.7 Å². The second-order valence-electron chi connectivity index (χ2n) is 7.25. The van der Waals surface area contributed by atoms with Crippen LogP contribution in [-0.2, 0) is 34.0 Å². The van der Waals surface area contributed by atoms with Gasteiger partial charge in [-0.3, -0.25) is 19.1 Å². The van der Waals surface area contributed by atoms with E-state index < -0.39 is 11.7 Å². The van der Waals surface area contributed by atoms with Crippen molar-refractivity contribution >= 4 is 22.9 Å². The number of benzene rings is 2. The summed E-state index contributed by atoms with van der Waals surface area (Å²) in [7, 11) is 0. The van der Waals surface area contributed by atoms with Gasteiger partial charge in [-0.25, -0.2) is 4.98 Å².